The van der Waals surface area contributed by atoms with Crippen molar-refractivity contribution in [3.05, 3.63) is 52.0 Å². The monoisotopic (exact) mass is 481 g/mol. The molecule has 0 aliphatic carbocycles. The molecule has 0 saturated carbocycles. The third kappa shape index (κ3) is 5.24. The molecule has 22 heavy (non-hydrogen) atoms. The normalized spacial score (nSPS) is 11.0. The predicted molar refractivity (Wildman–Crippen MR) is 99.8 cm³/mol. The molecule has 0 atom stereocenters. The maximum atomic E-state index is 13.7. The third-order valence-corrected chi connectivity index (χ3v) is 3.53. The number of guanidine groups is 1. The summed E-state index contributed by atoms with van der Waals surface area (Å²) >= 11 is 3.34. The van der Waals surface area contributed by atoms with E-state index in [0.717, 1.165) is 10.2 Å². The van der Waals surface area contributed by atoms with Crippen molar-refractivity contribution in [1.29, 1.82) is 0 Å². The first kappa shape index (κ1) is 18.9. The topological polar surface area (TPSA) is 54.2 Å². The summed E-state index contributed by atoms with van der Waals surface area (Å²) in [6, 6.07) is 6.78. The zero-order valence-corrected chi connectivity index (χ0v) is 16.2. The molecule has 0 radical (unpaired) electrons. The van der Waals surface area contributed by atoms with Gasteiger partial charge < -0.3 is 10.6 Å². The lowest BCUT2D eigenvalue weighted by Gasteiger charge is -2.12. The lowest BCUT2D eigenvalue weighted by Crippen LogP contribution is -2.36. The van der Waals surface area contributed by atoms with Gasteiger partial charge in [-0.1, -0.05) is 15.9 Å². The van der Waals surface area contributed by atoms with Gasteiger partial charge in [0.1, 0.15) is 5.82 Å². The van der Waals surface area contributed by atoms with E-state index in [1.165, 1.54) is 6.07 Å². The fourth-order valence-corrected chi connectivity index (χ4v) is 2.24. The van der Waals surface area contributed by atoms with Crippen molar-refractivity contribution < 1.29 is 4.39 Å². The van der Waals surface area contributed by atoms with Gasteiger partial charge in [-0.05, 0) is 24.3 Å². The van der Waals surface area contributed by atoms with Crippen molar-refractivity contribution in [2.45, 2.75) is 13.1 Å². The van der Waals surface area contributed by atoms with E-state index in [-0.39, 0.29) is 29.8 Å². The van der Waals surface area contributed by atoms with Crippen molar-refractivity contribution >= 4 is 45.9 Å². The molecule has 0 unspecified atom stereocenters. The van der Waals surface area contributed by atoms with E-state index in [1.54, 1.807) is 30.1 Å². The Morgan fingerprint density at radius 2 is 2.05 bits per heavy atom. The molecule has 5 nitrogen and oxygen atoms in total. The Balaban J connectivity index is 0.00000242. The number of nitrogens with zero attached hydrogens (tertiary/aromatic N) is 3. The number of hydrogen-bond acceptors (Lipinski definition) is 2. The zero-order valence-electron chi connectivity index (χ0n) is 12.3. The van der Waals surface area contributed by atoms with Gasteiger partial charge in [0, 0.05) is 36.9 Å². The Kier molecular flexibility index (Phi) is 7.80. The molecule has 0 bridgehead atoms. The fraction of sp³-hybridized carbons (Fsp3) is 0.286. The van der Waals surface area contributed by atoms with Crippen LogP contribution >= 0.6 is 39.9 Å². The molecule has 2 aromatic rings. The quantitative estimate of drug-likeness (QED) is 0.401. The highest BCUT2D eigenvalue weighted by Gasteiger charge is 2.05. The lowest BCUT2D eigenvalue weighted by atomic mass is 10.2. The Bertz CT molecular complexity index is 644. The van der Waals surface area contributed by atoms with E-state index in [1.807, 2.05) is 13.1 Å². The van der Waals surface area contributed by atoms with Gasteiger partial charge in [0.15, 0.2) is 5.96 Å². The van der Waals surface area contributed by atoms with Crippen LogP contribution in [0.1, 0.15) is 11.3 Å². The van der Waals surface area contributed by atoms with Crippen molar-refractivity contribution in [1.82, 2.24) is 20.4 Å². The summed E-state index contributed by atoms with van der Waals surface area (Å²) in [5.41, 5.74) is 1.61. The van der Waals surface area contributed by atoms with Gasteiger partial charge in [-0.2, -0.15) is 5.10 Å². The molecule has 8 heteroatoms. The van der Waals surface area contributed by atoms with Gasteiger partial charge in [0.25, 0.3) is 0 Å². The summed E-state index contributed by atoms with van der Waals surface area (Å²) in [6.45, 7) is 0.952. The second kappa shape index (κ2) is 9.09. The zero-order chi connectivity index (χ0) is 15.2. The highest BCUT2D eigenvalue weighted by molar-refractivity contribution is 14.0. The van der Waals surface area contributed by atoms with Gasteiger partial charge in [0.05, 0.1) is 12.2 Å². The van der Waals surface area contributed by atoms with Crippen LogP contribution in [0.15, 0.2) is 39.9 Å². The first-order chi connectivity index (χ1) is 10.1. The minimum Gasteiger partial charge on any atom is -0.352 e. The molecule has 0 fully saturated rings. The SMILES string of the molecule is CN=C(NCc1cc(Br)ccc1F)NCc1ccnn1C.I. The van der Waals surface area contributed by atoms with Crippen molar-refractivity contribution in [3.63, 3.8) is 0 Å². The number of halogens is 3. The van der Waals surface area contributed by atoms with E-state index >= 15 is 0 Å². The summed E-state index contributed by atoms with van der Waals surface area (Å²) in [7, 11) is 3.56. The highest BCUT2D eigenvalue weighted by Crippen LogP contribution is 2.15. The average Bonchev–Trinajstić information content (AvgIpc) is 2.88. The molecule has 0 spiro atoms. The van der Waals surface area contributed by atoms with Crippen LogP contribution in [0.3, 0.4) is 0 Å². The van der Waals surface area contributed by atoms with Crippen molar-refractivity contribution in [2.24, 2.45) is 12.0 Å². The molecule has 120 valence electrons. The summed E-state index contributed by atoms with van der Waals surface area (Å²) < 4.78 is 16.3. The maximum Gasteiger partial charge on any atom is 0.191 e. The molecule has 0 aliphatic heterocycles. The Hall–Kier alpha value is -1.16. The van der Waals surface area contributed by atoms with E-state index in [0.29, 0.717) is 24.6 Å². The molecular formula is C14H18BrFIN5. The Morgan fingerprint density at radius 3 is 2.68 bits per heavy atom. The molecule has 0 saturated heterocycles. The molecule has 1 aromatic carbocycles. The second-order valence-corrected chi connectivity index (χ2v) is 5.38. The number of aromatic nitrogens is 2. The molecule has 2 N–H and O–H groups in total. The largest absolute Gasteiger partial charge is 0.352 e. The molecule has 1 heterocycles. The minimum atomic E-state index is -0.243. The number of benzene rings is 1. The molecule has 1 aromatic heterocycles. The average molecular weight is 482 g/mol. The van der Waals surface area contributed by atoms with E-state index in [4.69, 9.17) is 0 Å². The molecule has 0 aliphatic rings. The summed E-state index contributed by atoms with van der Waals surface area (Å²) in [4.78, 5) is 4.11. The minimum absolute atomic E-state index is 0. The van der Waals surface area contributed by atoms with Crippen LogP contribution in [0.4, 0.5) is 4.39 Å². The number of aryl methyl sites for hydroxylation is 1. The number of aliphatic imine (C=N–C) groups is 1. The van der Waals surface area contributed by atoms with Gasteiger partial charge in [0.2, 0.25) is 0 Å². The third-order valence-electron chi connectivity index (χ3n) is 3.04. The standard InChI is InChI=1S/C14H17BrFN5.HI/c1-17-14(19-9-12-5-6-20-21(12)2)18-8-10-7-11(15)3-4-13(10)16;/h3-7H,8-9H2,1-2H3,(H2,17,18,19);1H. The highest BCUT2D eigenvalue weighted by atomic mass is 127. The number of rotatable bonds is 4. The predicted octanol–water partition coefficient (Wildman–Crippen LogP) is 2.80. The van der Waals surface area contributed by atoms with Crippen molar-refractivity contribution in [2.75, 3.05) is 7.05 Å². The summed E-state index contributed by atoms with van der Waals surface area (Å²) in [5.74, 6) is 0.364. The second-order valence-electron chi connectivity index (χ2n) is 4.46. The first-order valence-electron chi connectivity index (χ1n) is 6.45. The van der Waals surface area contributed by atoms with E-state index in [9.17, 15) is 4.39 Å². The van der Waals surface area contributed by atoms with Crippen LogP contribution in [0.5, 0.6) is 0 Å². The Labute approximate surface area is 154 Å². The Morgan fingerprint density at radius 1 is 1.32 bits per heavy atom. The van der Waals surface area contributed by atoms with Gasteiger partial charge in [-0.3, -0.25) is 9.67 Å². The molecule has 0 amide bonds. The summed E-state index contributed by atoms with van der Waals surface area (Å²) in [5, 5.41) is 10.3. The van der Waals surface area contributed by atoms with Crippen LogP contribution < -0.4 is 10.6 Å². The fourth-order valence-electron chi connectivity index (χ4n) is 1.83. The number of hydrogen-bond donors (Lipinski definition) is 2. The van der Waals surface area contributed by atoms with Gasteiger partial charge in [-0.25, -0.2) is 4.39 Å². The van der Waals surface area contributed by atoms with E-state index < -0.39 is 0 Å². The first-order valence-corrected chi connectivity index (χ1v) is 7.25. The van der Waals surface area contributed by atoms with Gasteiger partial charge >= 0.3 is 0 Å². The maximum absolute atomic E-state index is 13.7. The van der Waals surface area contributed by atoms with Crippen LogP contribution in [-0.2, 0) is 20.1 Å². The van der Waals surface area contributed by atoms with Crippen molar-refractivity contribution in [3.8, 4) is 0 Å². The van der Waals surface area contributed by atoms with Crippen LogP contribution in [0, 0.1) is 5.82 Å². The van der Waals surface area contributed by atoms with Crippen LogP contribution in [0.2, 0.25) is 0 Å². The molecular weight excluding hydrogens is 464 g/mol. The van der Waals surface area contributed by atoms with Gasteiger partial charge in [-0.15, -0.1) is 24.0 Å². The van der Waals surface area contributed by atoms with E-state index in [2.05, 4.69) is 36.7 Å². The lowest BCUT2D eigenvalue weighted by molar-refractivity contribution is 0.603. The molecule has 2 rings (SSSR count). The number of nitrogens with one attached hydrogen (secondary N) is 2. The van der Waals surface area contributed by atoms with Crippen LogP contribution in [0.25, 0.3) is 0 Å². The van der Waals surface area contributed by atoms with Crippen LogP contribution in [-0.4, -0.2) is 22.8 Å². The smallest absolute Gasteiger partial charge is 0.191 e. The summed E-state index contributed by atoms with van der Waals surface area (Å²) in [6.07, 6.45) is 1.74.